The second-order valence-corrected chi connectivity index (χ2v) is 4.69. The number of hydrogen-bond donors (Lipinski definition) is 1. The van der Waals surface area contributed by atoms with Crippen LogP contribution < -0.4 is 5.32 Å². The fourth-order valence-corrected chi connectivity index (χ4v) is 1.76. The first-order valence-electron chi connectivity index (χ1n) is 6.16. The van der Waals surface area contributed by atoms with Gasteiger partial charge in [-0.05, 0) is 25.3 Å². The van der Waals surface area contributed by atoms with Gasteiger partial charge in [0.05, 0.1) is 12.7 Å². The quantitative estimate of drug-likeness (QED) is 0.733. The van der Waals surface area contributed by atoms with Gasteiger partial charge in [-0.25, -0.2) is 0 Å². The summed E-state index contributed by atoms with van der Waals surface area (Å²) in [6, 6.07) is 0.484. The molecule has 0 spiro atoms. The monoisotopic (exact) mass is 215 g/mol. The number of hydrogen-bond acceptors (Lipinski definition) is 3. The predicted molar refractivity (Wildman–Crippen MR) is 62.1 cm³/mol. The summed E-state index contributed by atoms with van der Waals surface area (Å²) in [5.41, 5.74) is 0. The molecule has 1 heterocycles. The van der Waals surface area contributed by atoms with Gasteiger partial charge in [-0.2, -0.15) is 0 Å². The molecule has 90 valence electrons. The van der Waals surface area contributed by atoms with Crippen LogP contribution in [0.25, 0.3) is 0 Å². The summed E-state index contributed by atoms with van der Waals surface area (Å²) in [4.78, 5) is 0. The summed E-state index contributed by atoms with van der Waals surface area (Å²) < 4.78 is 11.3. The standard InChI is InChI=1S/C12H25NO2/c1-4-6-13-11-5-7-14-9-12(11)15-8-10(2)3/h10-13H,4-9H2,1-3H3. The summed E-state index contributed by atoms with van der Waals surface area (Å²) in [5.74, 6) is 0.596. The normalized spacial score (nSPS) is 27.2. The molecule has 0 radical (unpaired) electrons. The third-order valence-corrected chi connectivity index (χ3v) is 2.60. The molecule has 2 unspecified atom stereocenters. The van der Waals surface area contributed by atoms with Gasteiger partial charge in [0.25, 0.3) is 0 Å². The zero-order valence-electron chi connectivity index (χ0n) is 10.3. The van der Waals surface area contributed by atoms with Crippen LogP contribution in [0.5, 0.6) is 0 Å². The molecule has 3 nitrogen and oxygen atoms in total. The van der Waals surface area contributed by atoms with Crippen molar-refractivity contribution in [1.82, 2.24) is 5.32 Å². The van der Waals surface area contributed by atoms with E-state index in [1.165, 1.54) is 6.42 Å². The van der Waals surface area contributed by atoms with E-state index < -0.39 is 0 Å². The minimum atomic E-state index is 0.243. The Morgan fingerprint density at radius 3 is 2.93 bits per heavy atom. The first kappa shape index (κ1) is 12.9. The highest BCUT2D eigenvalue weighted by molar-refractivity contribution is 4.80. The molecule has 1 aliphatic rings. The molecule has 0 saturated carbocycles. The maximum absolute atomic E-state index is 5.87. The van der Waals surface area contributed by atoms with E-state index in [4.69, 9.17) is 9.47 Å². The van der Waals surface area contributed by atoms with Crippen molar-refractivity contribution in [2.75, 3.05) is 26.4 Å². The van der Waals surface area contributed by atoms with Crippen molar-refractivity contribution in [3.63, 3.8) is 0 Å². The van der Waals surface area contributed by atoms with Crippen molar-refractivity contribution in [2.24, 2.45) is 5.92 Å². The SMILES string of the molecule is CCCNC1CCOCC1OCC(C)C. The summed E-state index contributed by atoms with van der Waals surface area (Å²) in [6.07, 6.45) is 2.49. The Morgan fingerprint density at radius 1 is 1.47 bits per heavy atom. The van der Waals surface area contributed by atoms with Crippen molar-refractivity contribution >= 4 is 0 Å². The molecule has 1 N–H and O–H groups in total. The van der Waals surface area contributed by atoms with Gasteiger partial charge in [-0.15, -0.1) is 0 Å². The zero-order chi connectivity index (χ0) is 11.1. The Morgan fingerprint density at radius 2 is 2.27 bits per heavy atom. The van der Waals surface area contributed by atoms with Crippen LogP contribution in [0.1, 0.15) is 33.6 Å². The van der Waals surface area contributed by atoms with E-state index in [-0.39, 0.29) is 6.10 Å². The number of ether oxygens (including phenoxy) is 2. The van der Waals surface area contributed by atoms with E-state index >= 15 is 0 Å². The van der Waals surface area contributed by atoms with Gasteiger partial charge in [0, 0.05) is 19.3 Å². The second kappa shape index (κ2) is 7.20. The lowest BCUT2D eigenvalue weighted by molar-refractivity contribution is -0.0751. The fraction of sp³-hybridized carbons (Fsp3) is 1.00. The van der Waals surface area contributed by atoms with Crippen LogP contribution in [0.4, 0.5) is 0 Å². The summed E-state index contributed by atoms with van der Waals surface area (Å²) in [5, 5.41) is 3.54. The highest BCUT2D eigenvalue weighted by Gasteiger charge is 2.25. The predicted octanol–water partition coefficient (Wildman–Crippen LogP) is 1.82. The van der Waals surface area contributed by atoms with E-state index in [2.05, 4.69) is 26.1 Å². The van der Waals surface area contributed by atoms with Crippen LogP contribution in [-0.2, 0) is 9.47 Å². The average Bonchev–Trinajstić information content (AvgIpc) is 2.24. The minimum absolute atomic E-state index is 0.243. The van der Waals surface area contributed by atoms with Gasteiger partial charge in [-0.1, -0.05) is 20.8 Å². The van der Waals surface area contributed by atoms with Gasteiger partial charge in [0.2, 0.25) is 0 Å². The fourth-order valence-electron chi connectivity index (χ4n) is 1.76. The molecule has 3 heteroatoms. The van der Waals surface area contributed by atoms with Crippen molar-refractivity contribution < 1.29 is 9.47 Å². The zero-order valence-corrected chi connectivity index (χ0v) is 10.3. The molecule has 0 aromatic carbocycles. The molecule has 0 bridgehead atoms. The molecular weight excluding hydrogens is 190 g/mol. The summed E-state index contributed by atoms with van der Waals surface area (Å²) in [7, 11) is 0. The van der Waals surface area contributed by atoms with Gasteiger partial charge < -0.3 is 14.8 Å². The summed E-state index contributed by atoms with van der Waals surface area (Å²) in [6.45, 7) is 10.1. The first-order chi connectivity index (χ1) is 7.24. The largest absolute Gasteiger partial charge is 0.379 e. The molecule has 0 amide bonds. The number of rotatable bonds is 6. The van der Waals surface area contributed by atoms with Crippen LogP contribution in [0, 0.1) is 5.92 Å². The molecule has 0 aromatic rings. The molecular formula is C12H25NO2. The third-order valence-electron chi connectivity index (χ3n) is 2.60. The van der Waals surface area contributed by atoms with Crippen LogP contribution in [0.3, 0.4) is 0 Å². The third kappa shape index (κ3) is 4.96. The van der Waals surface area contributed by atoms with Crippen LogP contribution >= 0.6 is 0 Å². The molecule has 2 atom stereocenters. The second-order valence-electron chi connectivity index (χ2n) is 4.69. The van der Waals surface area contributed by atoms with Gasteiger partial charge in [0.15, 0.2) is 0 Å². The maximum Gasteiger partial charge on any atom is 0.0961 e. The lowest BCUT2D eigenvalue weighted by Gasteiger charge is -2.32. The van der Waals surface area contributed by atoms with Gasteiger partial charge in [-0.3, -0.25) is 0 Å². The highest BCUT2D eigenvalue weighted by atomic mass is 16.5. The molecule has 0 aliphatic carbocycles. The van der Waals surface area contributed by atoms with E-state index in [9.17, 15) is 0 Å². The lowest BCUT2D eigenvalue weighted by atomic mass is 10.1. The molecule has 1 fully saturated rings. The summed E-state index contributed by atoms with van der Waals surface area (Å²) >= 11 is 0. The van der Waals surface area contributed by atoms with Crippen molar-refractivity contribution in [2.45, 2.75) is 45.8 Å². The van der Waals surface area contributed by atoms with E-state index in [0.717, 1.165) is 32.8 Å². The molecule has 0 aromatic heterocycles. The smallest absolute Gasteiger partial charge is 0.0961 e. The molecule has 1 rings (SSSR count). The van der Waals surface area contributed by atoms with Crippen molar-refractivity contribution in [1.29, 1.82) is 0 Å². The molecule has 1 saturated heterocycles. The minimum Gasteiger partial charge on any atom is -0.379 e. The van der Waals surface area contributed by atoms with E-state index in [0.29, 0.717) is 12.0 Å². The molecule has 1 aliphatic heterocycles. The highest BCUT2D eigenvalue weighted by Crippen LogP contribution is 2.12. The van der Waals surface area contributed by atoms with E-state index in [1.807, 2.05) is 0 Å². The Labute approximate surface area is 93.5 Å². The van der Waals surface area contributed by atoms with Gasteiger partial charge >= 0.3 is 0 Å². The maximum atomic E-state index is 5.87. The average molecular weight is 215 g/mol. The topological polar surface area (TPSA) is 30.5 Å². The first-order valence-corrected chi connectivity index (χ1v) is 6.16. The number of nitrogens with one attached hydrogen (secondary N) is 1. The van der Waals surface area contributed by atoms with E-state index in [1.54, 1.807) is 0 Å². The Kier molecular flexibility index (Phi) is 6.22. The van der Waals surface area contributed by atoms with Gasteiger partial charge in [0.1, 0.15) is 0 Å². The lowest BCUT2D eigenvalue weighted by Crippen LogP contribution is -2.48. The van der Waals surface area contributed by atoms with Crippen molar-refractivity contribution in [3.8, 4) is 0 Å². The Balaban J connectivity index is 2.29. The molecule has 15 heavy (non-hydrogen) atoms. The van der Waals surface area contributed by atoms with Crippen LogP contribution in [-0.4, -0.2) is 38.5 Å². The van der Waals surface area contributed by atoms with Crippen LogP contribution in [0.15, 0.2) is 0 Å². The Bertz CT molecular complexity index is 162. The Hall–Kier alpha value is -0.120. The van der Waals surface area contributed by atoms with Crippen molar-refractivity contribution in [3.05, 3.63) is 0 Å². The van der Waals surface area contributed by atoms with Crippen LogP contribution in [0.2, 0.25) is 0 Å².